The maximum Gasteiger partial charge on any atom is 0.244 e. The molecule has 122 valence electrons. The van der Waals surface area contributed by atoms with Gasteiger partial charge in [0.25, 0.3) is 0 Å². The van der Waals surface area contributed by atoms with E-state index in [0.29, 0.717) is 23.3 Å². The molecule has 0 radical (unpaired) electrons. The summed E-state index contributed by atoms with van der Waals surface area (Å²) in [7, 11) is 0. The molecule has 0 saturated carbocycles. The molecule has 2 aromatic carbocycles. The Labute approximate surface area is 146 Å². The Kier molecular flexibility index (Phi) is 4.91. The number of anilines is 3. The molecule has 24 heavy (non-hydrogen) atoms. The van der Waals surface area contributed by atoms with Gasteiger partial charge in [-0.15, -0.1) is 5.10 Å². The van der Waals surface area contributed by atoms with Crippen molar-refractivity contribution in [3.05, 3.63) is 70.4 Å². The molecule has 1 heterocycles. The van der Waals surface area contributed by atoms with Crippen LogP contribution < -0.4 is 10.6 Å². The van der Waals surface area contributed by atoms with E-state index >= 15 is 0 Å². The third kappa shape index (κ3) is 4.20. The number of hydrogen-bond acceptors (Lipinski definition) is 5. The first kappa shape index (κ1) is 16.2. The van der Waals surface area contributed by atoms with E-state index in [4.69, 9.17) is 11.6 Å². The van der Waals surface area contributed by atoms with Crippen LogP contribution >= 0.6 is 11.6 Å². The molecule has 1 aromatic heterocycles. The largest absolute Gasteiger partial charge is 0.349 e. The zero-order chi connectivity index (χ0) is 16.9. The van der Waals surface area contributed by atoms with Crippen molar-refractivity contribution in [3.8, 4) is 0 Å². The van der Waals surface area contributed by atoms with Crippen LogP contribution in [0.15, 0.2) is 48.7 Å². The fraction of sp³-hybridized carbons (Fsp3) is 0.167. The van der Waals surface area contributed by atoms with Crippen LogP contribution in [-0.4, -0.2) is 15.2 Å². The smallest absolute Gasteiger partial charge is 0.244 e. The van der Waals surface area contributed by atoms with Gasteiger partial charge in [-0.2, -0.15) is 10.1 Å². The summed E-state index contributed by atoms with van der Waals surface area (Å²) in [6, 6.07) is 14.0. The number of rotatable bonds is 5. The summed E-state index contributed by atoms with van der Waals surface area (Å²) < 4.78 is 0. The summed E-state index contributed by atoms with van der Waals surface area (Å²) in [5, 5.41) is 15.1. The molecule has 0 bridgehead atoms. The van der Waals surface area contributed by atoms with Crippen LogP contribution in [0.5, 0.6) is 0 Å². The van der Waals surface area contributed by atoms with E-state index in [9.17, 15) is 0 Å². The van der Waals surface area contributed by atoms with Gasteiger partial charge < -0.3 is 10.6 Å². The highest BCUT2D eigenvalue weighted by molar-refractivity contribution is 6.31. The van der Waals surface area contributed by atoms with E-state index in [1.807, 2.05) is 31.2 Å². The molecule has 0 atom stereocenters. The first-order valence-electron chi connectivity index (χ1n) is 7.62. The van der Waals surface area contributed by atoms with Gasteiger partial charge in [0.2, 0.25) is 5.95 Å². The lowest BCUT2D eigenvalue weighted by molar-refractivity contribution is 0.948. The standard InChI is InChI=1S/C18H18ClN5/c1-12-4-3-5-14(8-12)10-20-18-23-17(11-21-24-18)22-15-7-6-13(2)16(19)9-15/h3-9,11H,10H2,1-2H3,(H2,20,22,23,24). The third-order valence-electron chi connectivity index (χ3n) is 3.54. The molecular weight excluding hydrogens is 322 g/mol. The van der Waals surface area contributed by atoms with Gasteiger partial charge >= 0.3 is 0 Å². The van der Waals surface area contributed by atoms with E-state index in [1.165, 1.54) is 11.1 Å². The average Bonchev–Trinajstić information content (AvgIpc) is 2.57. The first-order chi connectivity index (χ1) is 11.6. The fourth-order valence-electron chi connectivity index (χ4n) is 2.26. The molecule has 0 aliphatic heterocycles. The molecule has 0 saturated heterocycles. The lowest BCUT2D eigenvalue weighted by Crippen LogP contribution is -2.06. The van der Waals surface area contributed by atoms with Crippen molar-refractivity contribution < 1.29 is 0 Å². The summed E-state index contributed by atoms with van der Waals surface area (Å²) in [5.74, 6) is 1.08. The lowest BCUT2D eigenvalue weighted by atomic mass is 10.1. The first-order valence-corrected chi connectivity index (χ1v) is 8.00. The maximum atomic E-state index is 6.14. The van der Waals surface area contributed by atoms with E-state index < -0.39 is 0 Å². The minimum Gasteiger partial charge on any atom is -0.349 e. The SMILES string of the molecule is Cc1cccc(CNc2nncc(Nc3ccc(C)c(Cl)c3)n2)c1. The maximum absolute atomic E-state index is 6.14. The van der Waals surface area contributed by atoms with Crippen LogP contribution in [0.25, 0.3) is 0 Å². The zero-order valence-corrected chi connectivity index (χ0v) is 14.3. The molecule has 3 rings (SSSR count). The average molecular weight is 340 g/mol. The number of halogens is 1. The molecule has 6 heteroatoms. The van der Waals surface area contributed by atoms with Crippen molar-refractivity contribution in [1.82, 2.24) is 15.2 Å². The van der Waals surface area contributed by atoms with Gasteiger partial charge in [0.15, 0.2) is 5.82 Å². The molecule has 0 spiro atoms. The van der Waals surface area contributed by atoms with Crippen molar-refractivity contribution in [2.45, 2.75) is 20.4 Å². The van der Waals surface area contributed by atoms with Gasteiger partial charge in [0, 0.05) is 17.3 Å². The van der Waals surface area contributed by atoms with E-state index in [2.05, 4.69) is 50.9 Å². The van der Waals surface area contributed by atoms with Gasteiger partial charge in [-0.05, 0) is 37.1 Å². The van der Waals surface area contributed by atoms with Crippen LogP contribution in [-0.2, 0) is 6.54 Å². The Morgan fingerprint density at radius 2 is 1.96 bits per heavy atom. The summed E-state index contributed by atoms with van der Waals surface area (Å²) in [6.45, 7) is 4.67. The van der Waals surface area contributed by atoms with Crippen LogP contribution in [0.1, 0.15) is 16.7 Å². The number of aromatic nitrogens is 3. The molecule has 0 aliphatic carbocycles. The number of hydrogen-bond donors (Lipinski definition) is 2. The quantitative estimate of drug-likeness (QED) is 0.716. The fourth-order valence-corrected chi connectivity index (χ4v) is 2.44. The highest BCUT2D eigenvalue weighted by atomic mass is 35.5. The van der Waals surface area contributed by atoms with Crippen LogP contribution in [0.3, 0.4) is 0 Å². The molecule has 0 fully saturated rings. The second-order valence-electron chi connectivity index (χ2n) is 5.60. The predicted molar refractivity (Wildman–Crippen MR) is 97.8 cm³/mol. The van der Waals surface area contributed by atoms with Crippen molar-refractivity contribution >= 4 is 29.1 Å². The Balaban J connectivity index is 1.68. The van der Waals surface area contributed by atoms with Gasteiger partial charge in [-0.3, -0.25) is 0 Å². The third-order valence-corrected chi connectivity index (χ3v) is 3.94. The number of nitrogens with zero attached hydrogens (tertiary/aromatic N) is 3. The Hall–Kier alpha value is -2.66. The topological polar surface area (TPSA) is 62.7 Å². The molecule has 0 aliphatic rings. The number of aryl methyl sites for hydroxylation is 2. The monoisotopic (exact) mass is 339 g/mol. The van der Waals surface area contributed by atoms with Crippen molar-refractivity contribution in [3.63, 3.8) is 0 Å². The lowest BCUT2D eigenvalue weighted by Gasteiger charge is -2.09. The summed E-state index contributed by atoms with van der Waals surface area (Å²) in [6.07, 6.45) is 1.58. The van der Waals surface area contributed by atoms with Gasteiger partial charge in [-0.1, -0.05) is 47.5 Å². The molecule has 2 N–H and O–H groups in total. The molecule has 5 nitrogen and oxygen atoms in total. The summed E-state index contributed by atoms with van der Waals surface area (Å²) in [4.78, 5) is 4.42. The van der Waals surface area contributed by atoms with E-state index in [-0.39, 0.29) is 0 Å². The molecular formula is C18H18ClN5. The number of nitrogens with one attached hydrogen (secondary N) is 2. The normalized spacial score (nSPS) is 10.5. The molecule has 0 unspecified atom stereocenters. The molecule has 0 amide bonds. The Morgan fingerprint density at radius 3 is 2.75 bits per heavy atom. The summed E-state index contributed by atoms with van der Waals surface area (Å²) >= 11 is 6.14. The van der Waals surface area contributed by atoms with Gasteiger partial charge in [0.05, 0.1) is 6.20 Å². The van der Waals surface area contributed by atoms with Gasteiger partial charge in [0.1, 0.15) is 0 Å². The van der Waals surface area contributed by atoms with Crippen LogP contribution in [0.4, 0.5) is 17.5 Å². The van der Waals surface area contributed by atoms with Crippen molar-refractivity contribution in [2.24, 2.45) is 0 Å². The Bertz CT molecular complexity index is 850. The molecule has 3 aromatic rings. The minimum atomic E-state index is 0.472. The zero-order valence-electron chi connectivity index (χ0n) is 13.5. The van der Waals surface area contributed by atoms with Crippen LogP contribution in [0, 0.1) is 13.8 Å². The summed E-state index contributed by atoms with van der Waals surface area (Å²) in [5.41, 5.74) is 4.28. The highest BCUT2D eigenvalue weighted by Crippen LogP contribution is 2.22. The van der Waals surface area contributed by atoms with E-state index in [1.54, 1.807) is 6.20 Å². The minimum absolute atomic E-state index is 0.472. The number of benzene rings is 2. The van der Waals surface area contributed by atoms with Crippen LogP contribution in [0.2, 0.25) is 5.02 Å². The second-order valence-corrected chi connectivity index (χ2v) is 6.00. The van der Waals surface area contributed by atoms with Crippen molar-refractivity contribution in [2.75, 3.05) is 10.6 Å². The van der Waals surface area contributed by atoms with Crippen molar-refractivity contribution in [1.29, 1.82) is 0 Å². The van der Waals surface area contributed by atoms with Gasteiger partial charge in [-0.25, -0.2) is 0 Å². The Morgan fingerprint density at radius 1 is 1.08 bits per heavy atom. The van der Waals surface area contributed by atoms with E-state index in [0.717, 1.165) is 11.3 Å². The second kappa shape index (κ2) is 7.27. The highest BCUT2D eigenvalue weighted by Gasteiger charge is 2.03. The predicted octanol–water partition coefficient (Wildman–Crippen LogP) is 4.50.